The predicted octanol–water partition coefficient (Wildman–Crippen LogP) is 6.02. The highest BCUT2D eigenvalue weighted by Crippen LogP contribution is 2.35. The maximum Gasteiger partial charge on any atom is 0.335 e. The van der Waals surface area contributed by atoms with Gasteiger partial charge in [0.1, 0.15) is 12.4 Å². The molecule has 0 fully saturated rings. The van der Waals surface area contributed by atoms with Crippen LogP contribution in [0, 0.1) is 5.82 Å². The van der Waals surface area contributed by atoms with Crippen molar-refractivity contribution >= 4 is 34.9 Å². The van der Waals surface area contributed by atoms with E-state index in [0.717, 1.165) is 5.56 Å². The molecule has 4 nitrogen and oxygen atoms in total. The molecule has 0 aliphatic heterocycles. The molecule has 7 heteroatoms. The van der Waals surface area contributed by atoms with Crippen molar-refractivity contribution in [1.82, 2.24) is 0 Å². The van der Waals surface area contributed by atoms with E-state index >= 15 is 0 Å². The molecule has 0 aromatic heterocycles. The molecule has 0 aliphatic rings. The van der Waals surface area contributed by atoms with E-state index in [1.165, 1.54) is 18.2 Å². The molecule has 0 unspecified atom stereocenters. The van der Waals surface area contributed by atoms with Crippen molar-refractivity contribution in [3.8, 4) is 5.75 Å². The fourth-order valence-corrected chi connectivity index (χ4v) is 3.24. The number of carboxylic acids is 1. The van der Waals surface area contributed by atoms with Gasteiger partial charge in [0.25, 0.3) is 0 Å². The highest BCUT2D eigenvalue weighted by Gasteiger charge is 2.11. The van der Waals surface area contributed by atoms with E-state index < -0.39 is 5.97 Å². The molecule has 0 saturated carbocycles. The third-order valence-electron chi connectivity index (χ3n) is 3.94. The zero-order valence-corrected chi connectivity index (χ0v) is 16.1. The molecular formula is C21H16Cl2FNO3. The maximum atomic E-state index is 13.3. The standard InChI is InChI=1S/C21H16Cl2FNO3/c22-18-8-14(11-25-17-6-2-4-15(10-17)21(26)27)9-19(23)20(18)28-12-13-3-1-5-16(24)7-13/h1-10,25H,11-12H2,(H,26,27). The summed E-state index contributed by atoms with van der Waals surface area (Å²) in [4.78, 5) is 11.0. The molecular weight excluding hydrogens is 404 g/mol. The molecule has 0 saturated heterocycles. The summed E-state index contributed by atoms with van der Waals surface area (Å²) < 4.78 is 18.9. The summed E-state index contributed by atoms with van der Waals surface area (Å²) in [6.07, 6.45) is 0. The predicted molar refractivity (Wildman–Crippen MR) is 108 cm³/mol. The van der Waals surface area contributed by atoms with E-state index in [4.69, 9.17) is 33.0 Å². The van der Waals surface area contributed by atoms with Crippen LogP contribution in [0.25, 0.3) is 0 Å². The Morgan fingerprint density at radius 3 is 2.39 bits per heavy atom. The Labute approximate surface area is 171 Å². The molecule has 3 aromatic carbocycles. The summed E-state index contributed by atoms with van der Waals surface area (Å²) in [5, 5.41) is 12.8. The Hall–Kier alpha value is -2.76. The SMILES string of the molecule is O=C(O)c1cccc(NCc2cc(Cl)c(OCc3cccc(F)c3)c(Cl)c2)c1. The van der Waals surface area contributed by atoms with Crippen LogP contribution in [0.3, 0.4) is 0 Å². The van der Waals surface area contributed by atoms with Gasteiger partial charge in [-0.1, -0.05) is 41.4 Å². The van der Waals surface area contributed by atoms with Gasteiger partial charge < -0.3 is 15.2 Å². The lowest BCUT2D eigenvalue weighted by Crippen LogP contribution is -2.03. The zero-order chi connectivity index (χ0) is 20.1. The van der Waals surface area contributed by atoms with Crippen LogP contribution in [-0.4, -0.2) is 11.1 Å². The summed E-state index contributed by atoms with van der Waals surface area (Å²) in [6, 6.07) is 16.0. The molecule has 0 bridgehead atoms. The second-order valence-corrected chi connectivity index (χ2v) is 6.86. The Bertz CT molecular complexity index is 987. The lowest BCUT2D eigenvalue weighted by Gasteiger charge is -2.13. The Morgan fingerprint density at radius 1 is 1.00 bits per heavy atom. The molecule has 0 amide bonds. The molecule has 0 radical (unpaired) electrons. The topological polar surface area (TPSA) is 58.6 Å². The summed E-state index contributed by atoms with van der Waals surface area (Å²) in [5.41, 5.74) is 2.32. The van der Waals surface area contributed by atoms with Gasteiger partial charge in [-0.05, 0) is 53.6 Å². The largest absolute Gasteiger partial charge is 0.486 e. The van der Waals surface area contributed by atoms with Crippen LogP contribution in [0.15, 0.2) is 60.7 Å². The normalized spacial score (nSPS) is 10.5. The van der Waals surface area contributed by atoms with Gasteiger partial charge >= 0.3 is 5.97 Å². The molecule has 28 heavy (non-hydrogen) atoms. The maximum absolute atomic E-state index is 13.3. The first-order chi connectivity index (χ1) is 13.4. The van der Waals surface area contributed by atoms with E-state index in [1.54, 1.807) is 42.5 Å². The number of hydrogen-bond acceptors (Lipinski definition) is 3. The average Bonchev–Trinajstić information content (AvgIpc) is 2.66. The van der Waals surface area contributed by atoms with Crippen molar-refractivity contribution in [2.24, 2.45) is 0 Å². The number of ether oxygens (including phenoxy) is 1. The monoisotopic (exact) mass is 419 g/mol. The minimum atomic E-state index is -0.991. The second-order valence-electron chi connectivity index (χ2n) is 6.05. The molecule has 0 heterocycles. The van der Waals surface area contributed by atoms with E-state index in [9.17, 15) is 9.18 Å². The van der Waals surface area contributed by atoms with E-state index in [1.807, 2.05) is 0 Å². The average molecular weight is 420 g/mol. The molecule has 0 atom stereocenters. The Morgan fingerprint density at radius 2 is 1.71 bits per heavy atom. The number of nitrogens with one attached hydrogen (secondary N) is 1. The van der Waals surface area contributed by atoms with Crippen LogP contribution in [0.5, 0.6) is 5.75 Å². The lowest BCUT2D eigenvalue weighted by atomic mass is 10.1. The van der Waals surface area contributed by atoms with Gasteiger partial charge in [-0.3, -0.25) is 0 Å². The third kappa shape index (κ3) is 5.15. The molecule has 0 aliphatic carbocycles. The number of carbonyl (C=O) groups is 1. The quantitative estimate of drug-likeness (QED) is 0.491. The first-order valence-corrected chi connectivity index (χ1v) is 9.10. The number of aromatic carboxylic acids is 1. The Kier molecular flexibility index (Phi) is 6.39. The van der Waals surface area contributed by atoms with Crippen molar-refractivity contribution in [2.45, 2.75) is 13.2 Å². The molecule has 0 spiro atoms. The number of rotatable bonds is 7. The van der Waals surface area contributed by atoms with Crippen LogP contribution in [0.2, 0.25) is 10.0 Å². The summed E-state index contributed by atoms with van der Waals surface area (Å²) >= 11 is 12.6. The van der Waals surface area contributed by atoms with E-state index in [2.05, 4.69) is 5.32 Å². The summed E-state index contributed by atoms with van der Waals surface area (Å²) in [6.45, 7) is 0.531. The van der Waals surface area contributed by atoms with Gasteiger partial charge in [-0.2, -0.15) is 0 Å². The fraction of sp³-hybridized carbons (Fsp3) is 0.0952. The lowest BCUT2D eigenvalue weighted by molar-refractivity contribution is 0.0697. The fourth-order valence-electron chi connectivity index (χ4n) is 2.60. The van der Waals surface area contributed by atoms with Crippen molar-refractivity contribution in [3.05, 3.63) is 93.2 Å². The molecule has 3 rings (SSSR count). The number of anilines is 1. The second kappa shape index (κ2) is 8.95. The van der Waals surface area contributed by atoms with Crippen molar-refractivity contribution in [3.63, 3.8) is 0 Å². The van der Waals surface area contributed by atoms with Gasteiger partial charge in [0.15, 0.2) is 5.75 Å². The smallest absolute Gasteiger partial charge is 0.335 e. The number of carboxylic acid groups (broad SMARTS) is 1. The van der Waals surface area contributed by atoms with Gasteiger partial charge in [0, 0.05) is 12.2 Å². The molecule has 144 valence electrons. The van der Waals surface area contributed by atoms with Crippen molar-refractivity contribution in [2.75, 3.05) is 5.32 Å². The minimum Gasteiger partial charge on any atom is -0.486 e. The van der Waals surface area contributed by atoms with Crippen LogP contribution in [-0.2, 0) is 13.2 Å². The van der Waals surface area contributed by atoms with Crippen molar-refractivity contribution in [1.29, 1.82) is 0 Å². The van der Waals surface area contributed by atoms with Gasteiger partial charge in [0.2, 0.25) is 0 Å². The van der Waals surface area contributed by atoms with E-state index in [-0.39, 0.29) is 18.0 Å². The first kappa shape index (κ1) is 20.0. The van der Waals surface area contributed by atoms with E-state index in [0.29, 0.717) is 33.6 Å². The van der Waals surface area contributed by atoms with Crippen LogP contribution in [0.1, 0.15) is 21.5 Å². The highest BCUT2D eigenvalue weighted by atomic mass is 35.5. The van der Waals surface area contributed by atoms with Gasteiger partial charge in [0.05, 0.1) is 15.6 Å². The van der Waals surface area contributed by atoms with Crippen LogP contribution in [0.4, 0.5) is 10.1 Å². The first-order valence-electron chi connectivity index (χ1n) is 8.35. The molecule has 3 aromatic rings. The van der Waals surface area contributed by atoms with Gasteiger partial charge in [-0.15, -0.1) is 0 Å². The van der Waals surface area contributed by atoms with Gasteiger partial charge in [-0.25, -0.2) is 9.18 Å². The summed E-state index contributed by atoms with van der Waals surface area (Å²) in [7, 11) is 0. The van der Waals surface area contributed by atoms with Crippen molar-refractivity contribution < 1.29 is 19.0 Å². The highest BCUT2D eigenvalue weighted by molar-refractivity contribution is 6.37. The number of hydrogen-bond donors (Lipinski definition) is 2. The van der Waals surface area contributed by atoms with Crippen LogP contribution < -0.4 is 10.1 Å². The Balaban J connectivity index is 1.67. The number of benzene rings is 3. The minimum absolute atomic E-state index is 0.136. The zero-order valence-electron chi connectivity index (χ0n) is 14.6. The van der Waals surface area contributed by atoms with Crippen LogP contribution >= 0.6 is 23.2 Å². The summed E-state index contributed by atoms with van der Waals surface area (Å²) in [5.74, 6) is -1.01. The molecule has 2 N–H and O–H groups in total. The third-order valence-corrected chi connectivity index (χ3v) is 4.50. The number of halogens is 3.